The molecule has 5 nitrogen and oxygen atoms in total. The normalized spacial score (nSPS) is 13.0. The Balaban J connectivity index is 1.29. The van der Waals surface area contributed by atoms with E-state index in [4.69, 9.17) is 18.2 Å². The van der Waals surface area contributed by atoms with E-state index in [1.807, 2.05) is 11.4 Å². The highest BCUT2D eigenvalue weighted by molar-refractivity contribution is 7.12. The molecule has 0 unspecified atom stereocenters. The zero-order valence-electron chi connectivity index (χ0n) is 17.4. The first-order valence-electron chi connectivity index (χ1n) is 10.4. The number of carbonyl (C=O) groups excluding carboxylic acids is 1. The van der Waals surface area contributed by atoms with Crippen molar-refractivity contribution in [2.75, 3.05) is 0 Å². The Bertz CT molecular complexity index is 1400. The zero-order valence-corrected chi connectivity index (χ0v) is 19.0. The summed E-state index contributed by atoms with van der Waals surface area (Å²) in [5.74, 6) is -0.0773. The van der Waals surface area contributed by atoms with Gasteiger partial charge in [-0.1, -0.05) is 29.8 Å². The van der Waals surface area contributed by atoms with Gasteiger partial charge in [0.25, 0.3) is 5.91 Å². The molecule has 1 aliphatic rings. The Hall–Kier alpha value is -3.47. The topological polar surface area (TPSA) is 51.3 Å². The summed E-state index contributed by atoms with van der Waals surface area (Å²) in [4.78, 5) is 16.7. The summed E-state index contributed by atoms with van der Waals surface area (Å²) < 4.78 is 16.4. The van der Waals surface area contributed by atoms with Crippen LogP contribution in [-0.2, 0) is 6.54 Å². The molecule has 0 spiro atoms. The second kappa shape index (κ2) is 8.81. The van der Waals surface area contributed by atoms with E-state index >= 15 is 0 Å². The molecule has 0 radical (unpaired) electrons. The van der Waals surface area contributed by atoms with Crippen LogP contribution in [-0.4, -0.2) is 15.7 Å². The third-order valence-corrected chi connectivity index (χ3v) is 6.84. The fourth-order valence-corrected chi connectivity index (χ4v) is 4.80. The highest BCUT2D eigenvalue weighted by Crippen LogP contribution is 2.43. The number of thiophene rings is 1. The number of amides is 1. The van der Waals surface area contributed by atoms with Crippen LogP contribution in [0.2, 0.25) is 5.02 Å². The van der Waals surface area contributed by atoms with E-state index in [9.17, 15) is 9.18 Å². The number of benzene rings is 2. The van der Waals surface area contributed by atoms with Crippen molar-refractivity contribution in [3.05, 3.63) is 98.4 Å². The maximum atomic E-state index is 14.8. The van der Waals surface area contributed by atoms with Crippen LogP contribution in [0.25, 0.3) is 21.8 Å². The molecule has 0 saturated heterocycles. The van der Waals surface area contributed by atoms with Crippen LogP contribution in [0.15, 0.2) is 60.1 Å². The number of carbonyl (C=O) groups is 1. The highest BCUT2D eigenvalue weighted by Gasteiger charge is 2.28. The van der Waals surface area contributed by atoms with Gasteiger partial charge in [-0.05, 0) is 60.0 Å². The van der Waals surface area contributed by atoms with Gasteiger partial charge in [0.15, 0.2) is 0 Å². The second-order valence-electron chi connectivity index (χ2n) is 7.86. The first kappa shape index (κ1) is 21.4. The van der Waals surface area contributed by atoms with Crippen molar-refractivity contribution in [3.8, 4) is 16.9 Å². The molecule has 1 amide bonds. The first-order valence-corrected chi connectivity index (χ1v) is 11.7. The molecule has 2 heterocycles. The number of nitrogens with zero attached hydrogens (tertiary/aromatic N) is 3. The minimum absolute atomic E-state index is 0.114. The zero-order chi connectivity index (χ0) is 22.9. The number of aromatic nitrogens is 2. The van der Waals surface area contributed by atoms with Crippen molar-refractivity contribution in [1.29, 1.82) is 0 Å². The molecule has 2 aromatic carbocycles. The van der Waals surface area contributed by atoms with Gasteiger partial charge in [-0.25, -0.2) is 13.9 Å². The molecule has 4 aromatic rings. The number of hydrogen-bond donors (Lipinski definition) is 1. The predicted octanol–water partition coefficient (Wildman–Crippen LogP) is 6.75. The Morgan fingerprint density at radius 2 is 2.09 bits per heavy atom. The summed E-state index contributed by atoms with van der Waals surface area (Å²) >= 11 is 7.55. The minimum atomic E-state index is -0.414. The lowest BCUT2D eigenvalue weighted by atomic mass is 10.1. The van der Waals surface area contributed by atoms with E-state index in [1.54, 1.807) is 47.3 Å². The Morgan fingerprint density at radius 3 is 2.82 bits per heavy atom. The van der Waals surface area contributed by atoms with Crippen LogP contribution in [0.5, 0.6) is 0 Å². The third-order valence-electron chi connectivity index (χ3n) is 5.61. The van der Waals surface area contributed by atoms with Crippen molar-refractivity contribution < 1.29 is 9.18 Å². The summed E-state index contributed by atoms with van der Waals surface area (Å²) in [6, 6.07) is 13.7. The fraction of sp³-hybridized carbons (Fsp3) is 0.160. The summed E-state index contributed by atoms with van der Waals surface area (Å²) in [6.07, 6.45) is 3.99. The van der Waals surface area contributed by atoms with Crippen molar-refractivity contribution in [3.63, 3.8) is 0 Å². The molecular formula is C25H18ClFN4OS. The quantitative estimate of drug-likeness (QED) is 0.313. The monoisotopic (exact) mass is 476 g/mol. The maximum absolute atomic E-state index is 14.8. The second-order valence-corrected chi connectivity index (χ2v) is 9.18. The fourth-order valence-electron chi connectivity index (χ4n) is 3.68. The Labute approximate surface area is 199 Å². The van der Waals surface area contributed by atoms with Gasteiger partial charge in [-0.15, -0.1) is 11.3 Å². The van der Waals surface area contributed by atoms with Gasteiger partial charge < -0.3 is 5.32 Å². The molecule has 1 saturated carbocycles. The van der Waals surface area contributed by atoms with E-state index in [0.29, 0.717) is 33.6 Å². The smallest absolute Gasteiger partial charge is 0.261 e. The molecule has 33 heavy (non-hydrogen) atoms. The lowest BCUT2D eigenvalue weighted by Gasteiger charge is -2.09. The number of halogens is 2. The Morgan fingerprint density at radius 1 is 1.24 bits per heavy atom. The van der Waals surface area contributed by atoms with E-state index < -0.39 is 5.82 Å². The van der Waals surface area contributed by atoms with Gasteiger partial charge in [-0.3, -0.25) is 4.79 Å². The summed E-state index contributed by atoms with van der Waals surface area (Å²) in [5.41, 5.74) is 3.88. The SMILES string of the molecule is [C-]#[N+]c1ccc(-c2ccn(-c3ccc(CNC(=O)c4sccc4C4CC4)c(F)c3)n2)cc1Cl. The van der Waals surface area contributed by atoms with E-state index in [1.165, 1.54) is 17.4 Å². The van der Waals surface area contributed by atoms with Crippen LogP contribution in [0.3, 0.4) is 0 Å². The van der Waals surface area contributed by atoms with Gasteiger partial charge in [0.2, 0.25) is 5.69 Å². The number of rotatable bonds is 6. The largest absolute Gasteiger partial charge is 0.347 e. The molecule has 0 aliphatic heterocycles. The average Bonchev–Trinajstić information content (AvgIpc) is 3.33. The van der Waals surface area contributed by atoms with Crippen LogP contribution >= 0.6 is 22.9 Å². The predicted molar refractivity (Wildman–Crippen MR) is 128 cm³/mol. The van der Waals surface area contributed by atoms with Crippen LogP contribution < -0.4 is 5.32 Å². The van der Waals surface area contributed by atoms with Crippen molar-refractivity contribution in [2.45, 2.75) is 25.3 Å². The third kappa shape index (κ3) is 4.40. The van der Waals surface area contributed by atoms with Gasteiger partial charge in [0.05, 0.1) is 22.8 Å². The van der Waals surface area contributed by atoms with Crippen molar-refractivity contribution in [2.24, 2.45) is 0 Å². The molecule has 164 valence electrons. The number of hydrogen-bond acceptors (Lipinski definition) is 3. The molecule has 2 aromatic heterocycles. The Kier molecular flexibility index (Phi) is 5.71. The van der Waals surface area contributed by atoms with Crippen molar-refractivity contribution >= 4 is 34.5 Å². The highest BCUT2D eigenvalue weighted by atomic mass is 35.5. The minimum Gasteiger partial charge on any atom is -0.347 e. The molecular weight excluding hydrogens is 459 g/mol. The molecule has 0 atom stereocenters. The lowest BCUT2D eigenvalue weighted by Crippen LogP contribution is -2.23. The van der Waals surface area contributed by atoms with E-state index in [0.717, 1.165) is 28.8 Å². The summed E-state index contributed by atoms with van der Waals surface area (Å²) in [6.45, 7) is 7.21. The van der Waals surface area contributed by atoms with E-state index in [2.05, 4.69) is 15.3 Å². The van der Waals surface area contributed by atoms with Crippen molar-refractivity contribution in [1.82, 2.24) is 15.1 Å². The summed E-state index contributed by atoms with van der Waals surface area (Å²) in [5, 5.41) is 9.64. The van der Waals surface area contributed by atoms with Crippen LogP contribution in [0.4, 0.5) is 10.1 Å². The van der Waals surface area contributed by atoms with E-state index in [-0.39, 0.29) is 12.5 Å². The van der Waals surface area contributed by atoms with Gasteiger partial charge >= 0.3 is 0 Å². The van der Waals surface area contributed by atoms with Gasteiger partial charge in [0.1, 0.15) is 5.82 Å². The molecule has 0 bridgehead atoms. The molecule has 1 fully saturated rings. The lowest BCUT2D eigenvalue weighted by molar-refractivity contribution is 0.0954. The van der Waals surface area contributed by atoms with Crippen LogP contribution in [0, 0.1) is 12.4 Å². The van der Waals surface area contributed by atoms with Gasteiger partial charge in [-0.2, -0.15) is 5.10 Å². The van der Waals surface area contributed by atoms with Crippen LogP contribution in [0.1, 0.15) is 39.6 Å². The first-order chi connectivity index (χ1) is 16.0. The number of nitrogens with one attached hydrogen (secondary N) is 1. The molecule has 1 aliphatic carbocycles. The molecule has 8 heteroatoms. The average molecular weight is 477 g/mol. The molecule has 1 N–H and O–H groups in total. The maximum Gasteiger partial charge on any atom is 0.261 e. The van der Waals surface area contributed by atoms with Gasteiger partial charge in [0, 0.05) is 28.9 Å². The standard InChI is InChI=1S/C25H18ClFN4OS/c1-28-23-7-5-16(12-20(23)26)22-8-10-31(30-22)18-6-4-17(21(27)13-18)14-29-25(32)24-19(9-11-33-24)15-2-3-15/h4-13,15H,2-3,14H2,(H,29,32). The molecule has 5 rings (SSSR count). The summed E-state index contributed by atoms with van der Waals surface area (Å²) in [7, 11) is 0.